The van der Waals surface area contributed by atoms with Crippen molar-refractivity contribution < 1.29 is 8.42 Å². The summed E-state index contributed by atoms with van der Waals surface area (Å²) in [6, 6.07) is 3.73. The number of hydrogen-bond donors (Lipinski definition) is 1. The van der Waals surface area contributed by atoms with E-state index >= 15 is 0 Å². The number of imidazole rings is 1. The minimum atomic E-state index is -3.72. The molecule has 20 heavy (non-hydrogen) atoms. The molecule has 0 atom stereocenters. The van der Waals surface area contributed by atoms with Gasteiger partial charge in [0.25, 0.3) is 10.0 Å². The van der Waals surface area contributed by atoms with E-state index in [-0.39, 0.29) is 16.7 Å². The third kappa shape index (κ3) is 2.66. The van der Waals surface area contributed by atoms with Crippen molar-refractivity contribution in [3.63, 3.8) is 0 Å². The molecule has 0 amide bonds. The maximum absolute atomic E-state index is 12.3. The molecule has 0 saturated heterocycles. The van der Waals surface area contributed by atoms with Gasteiger partial charge in [0.15, 0.2) is 15.1 Å². The fourth-order valence-corrected chi connectivity index (χ4v) is 5.63. The smallest absolute Gasteiger partial charge is 0.260 e. The van der Waals surface area contributed by atoms with Crippen LogP contribution in [0.1, 0.15) is 4.88 Å². The van der Waals surface area contributed by atoms with Gasteiger partial charge in [-0.2, -0.15) is 0 Å². The van der Waals surface area contributed by atoms with Crippen LogP contribution in [0.15, 0.2) is 32.5 Å². The molecule has 0 aliphatic rings. The first kappa shape index (κ1) is 14.5. The van der Waals surface area contributed by atoms with Crippen LogP contribution in [-0.4, -0.2) is 17.8 Å². The van der Waals surface area contributed by atoms with Gasteiger partial charge in [0.2, 0.25) is 0 Å². The quantitative estimate of drug-likeness (QED) is 0.715. The van der Waals surface area contributed by atoms with Crippen molar-refractivity contribution >= 4 is 65.2 Å². The second-order valence-corrected chi connectivity index (χ2v) is 9.25. The average Bonchev–Trinajstić information content (AvgIpc) is 3.02. The largest absolute Gasteiger partial charge is 0.279 e. The van der Waals surface area contributed by atoms with Gasteiger partial charge in [-0.3, -0.25) is 4.40 Å². The van der Waals surface area contributed by atoms with E-state index in [2.05, 4.69) is 25.6 Å². The molecule has 5 nitrogen and oxygen atoms in total. The van der Waals surface area contributed by atoms with E-state index in [0.29, 0.717) is 4.96 Å². The maximum Gasteiger partial charge on any atom is 0.260 e. The molecule has 3 aromatic heterocycles. The van der Waals surface area contributed by atoms with E-state index in [0.717, 1.165) is 8.66 Å². The van der Waals surface area contributed by atoms with Crippen molar-refractivity contribution in [2.24, 2.45) is 0 Å². The number of aromatic nitrogens is 2. The molecule has 10 heteroatoms. The molecule has 0 fully saturated rings. The van der Waals surface area contributed by atoms with Crippen LogP contribution in [0.25, 0.3) is 4.96 Å². The number of rotatable bonds is 4. The van der Waals surface area contributed by atoms with E-state index in [4.69, 9.17) is 11.6 Å². The van der Waals surface area contributed by atoms with Crippen LogP contribution in [0.4, 0.5) is 0 Å². The number of halogens is 2. The van der Waals surface area contributed by atoms with Gasteiger partial charge in [0, 0.05) is 23.0 Å². The number of thiazole rings is 1. The summed E-state index contributed by atoms with van der Waals surface area (Å²) in [5.41, 5.74) is 0. The Balaban J connectivity index is 1.91. The van der Waals surface area contributed by atoms with Crippen LogP contribution in [0, 0.1) is 0 Å². The Morgan fingerprint density at radius 2 is 2.25 bits per heavy atom. The van der Waals surface area contributed by atoms with E-state index in [1.807, 2.05) is 12.1 Å². The van der Waals surface area contributed by atoms with Crippen molar-refractivity contribution in [1.82, 2.24) is 14.1 Å². The Morgan fingerprint density at radius 1 is 1.45 bits per heavy atom. The Labute approximate surface area is 136 Å². The van der Waals surface area contributed by atoms with Crippen LogP contribution < -0.4 is 4.72 Å². The van der Waals surface area contributed by atoms with Gasteiger partial charge in [0.1, 0.15) is 0 Å². The molecule has 0 aromatic carbocycles. The zero-order valence-corrected chi connectivity index (χ0v) is 14.5. The minimum absolute atomic E-state index is 0.0169. The van der Waals surface area contributed by atoms with Crippen LogP contribution in [-0.2, 0) is 16.6 Å². The highest BCUT2D eigenvalue weighted by Gasteiger charge is 2.24. The molecule has 0 bridgehead atoms. The summed E-state index contributed by atoms with van der Waals surface area (Å²) in [5.74, 6) is 0. The van der Waals surface area contributed by atoms with E-state index in [9.17, 15) is 8.42 Å². The first-order valence-electron chi connectivity index (χ1n) is 5.32. The molecule has 0 aliphatic carbocycles. The van der Waals surface area contributed by atoms with Gasteiger partial charge < -0.3 is 0 Å². The number of sulfonamides is 1. The van der Waals surface area contributed by atoms with Crippen LogP contribution in [0.5, 0.6) is 0 Å². The highest BCUT2D eigenvalue weighted by atomic mass is 79.9. The normalized spacial score (nSPS) is 12.3. The lowest BCUT2D eigenvalue weighted by Gasteiger charge is -2.04. The van der Waals surface area contributed by atoms with E-state index in [1.165, 1.54) is 27.1 Å². The third-order valence-electron chi connectivity index (χ3n) is 2.50. The summed E-state index contributed by atoms with van der Waals surface area (Å²) in [5, 5.41) is 1.72. The molecule has 0 radical (unpaired) electrons. The molecule has 106 valence electrons. The minimum Gasteiger partial charge on any atom is -0.279 e. The lowest BCUT2D eigenvalue weighted by atomic mass is 10.5. The van der Waals surface area contributed by atoms with Crippen molar-refractivity contribution in [3.05, 3.63) is 37.5 Å². The Bertz CT molecular complexity index is 867. The van der Waals surface area contributed by atoms with Crippen molar-refractivity contribution in [3.8, 4) is 0 Å². The molecule has 3 rings (SSSR count). The first-order chi connectivity index (χ1) is 9.47. The first-order valence-corrected chi connectivity index (χ1v) is 9.67. The molecule has 0 spiro atoms. The topological polar surface area (TPSA) is 63.5 Å². The number of thiophene rings is 1. The van der Waals surface area contributed by atoms with Crippen molar-refractivity contribution in [2.45, 2.75) is 11.6 Å². The fraction of sp³-hybridized carbons (Fsp3) is 0.100. The summed E-state index contributed by atoms with van der Waals surface area (Å²) in [4.78, 5) is 5.48. The van der Waals surface area contributed by atoms with Gasteiger partial charge in [-0.05, 0) is 28.1 Å². The molecule has 0 aliphatic heterocycles. The molecular formula is C10H7BrClN3O2S3. The molecule has 1 N–H and O–H groups in total. The van der Waals surface area contributed by atoms with Crippen molar-refractivity contribution in [1.29, 1.82) is 0 Å². The average molecular weight is 413 g/mol. The van der Waals surface area contributed by atoms with Gasteiger partial charge in [0.05, 0.1) is 3.79 Å². The Hall–Kier alpha value is -0.450. The molecule has 3 heterocycles. The molecule has 0 unspecified atom stereocenters. The van der Waals surface area contributed by atoms with E-state index in [1.54, 1.807) is 11.6 Å². The van der Waals surface area contributed by atoms with Gasteiger partial charge in [-0.25, -0.2) is 18.1 Å². The van der Waals surface area contributed by atoms with E-state index < -0.39 is 10.0 Å². The lowest BCUT2D eigenvalue weighted by molar-refractivity contribution is 0.577. The monoisotopic (exact) mass is 411 g/mol. The predicted octanol–water partition coefficient (Wildman–Crippen LogP) is 3.35. The highest BCUT2D eigenvalue weighted by molar-refractivity contribution is 9.11. The van der Waals surface area contributed by atoms with Crippen LogP contribution >= 0.6 is 50.2 Å². The third-order valence-corrected chi connectivity index (χ3v) is 6.68. The zero-order valence-electron chi connectivity index (χ0n) is 9.71. The molecule has 0 saturated carbocycles. The Morgan fingerprint density at radius 3 is 2.95 bits per heavy atom. The summed E-state index contributed by atoms with van der Waals surface area (Å²) >= 11 is 12.1. The Kier molecular flexibility index (Phi) is 3.91. The van der Waals surface area contributed by atoms with Crippen LogP contribution in [0.3, 0.4) is 0 Å². The molecule has 3 aromatic rings. The fourth-order valence-electron chi connectivity index (χ4n) is 1.66. The molecular weight excluding hydrogens is 406 g/mol. The second kappa shape index (κ2) is 5.39. The highest BCUT2D eigenvalue weighted by Crippen LogP contribution is 2.26. The summed E-state index contributed by atoms with van der Waals surface area (Å²) in [7, 11) is -3.72. The maximum atomic E-state index is 12.3. The number of hydrogen-bond acceptors (Lipinski definition) is 5. The van der Waals surface area contributed by atoms with Gasteiger partial charge in [-0.1, -0.05) is 11.6 Å². The van der Waals surface area contributed by atoms with Gasteiger partial charge >= 0.3 is 0 Å². The SMILES string of the molecule is O=S(=O)(NCc1ccc(Br)s1)c1c(Cl)nc2sccn12. The predicted molar refractivity (Wildman–Crippen MR) is 84.1 cm³/mol. The van der Waals surface area contributed by atoms with Crippen molar-refractivity contribution in [2.75, 3.05) is 0 Å². The summed E-state index contributed by atoms with van der Waals surface area (Å²) in [6.45, 7) is 0.215. The number of nitrogens with zero attached hydrogens (tertiary/aromatic N) is 2. The lowest BCUT2D eigenvalue weighted by Crippen LogP contribution is -2.24. The summed E-state index contributed by atoms with van der Waals surface area (Å²) < 4.78 is 29.7. The van der Waals surface area contributed by atoms with Crippen LogP contribution in [0.2, 0.25) is 5.15 Å². The standard InChI is InChI=1S/C10H7BrClN3O2S3/c11-7-2-1-6(19-7)5-13-20(16,17)9-8(12)14-10-15(9)3-4-18-10/h1-4,13H,5H2. The van der Waals surface area contributed by atoms with Gasteiger partial charge in [-0.15, -0.1) is 22.7 Å². The number of nitrogens with one attached hydrogen (secondary N) is 1. The second-order valence-electron chi connectivity index (χ2n) is 3.79. The summed E-state index contributed by atoms with van der Waals surface area (Å²) in [6.07, 6.45) is 1.63. The zero-order chi connectivity index (χ0) is 14.3. The number of fused-ring (bicyclic) bond motifs is 1.